The molecule has 5 aliphatic rings. The second kappa shape index (κ2) is 4.32. The molecule has 0 saturated carbocycles. The number of hydrogen-bond acceptors (Lipinski definition) is 3. The highest BCUT2D eigenvalue weighted by Crippen LogP contribution is 2.59. The normalized spacial score (nSPS) is 35.8. The molecule has 7 rings (SSSR count). The summed E-state index contributed by atoms with van der Waals surface area (Å²) in [6.45, 7) is 5.06. The molecule has 1 aromatic carbocycles. The highest BCUT2D eigenvalue weighted by Gasteiger charge is 2.72. The zero-order valence-corrected chi connectivity index (χ0v) is 15.6. The molecule has 5 heterocycles. The number of benzene rings is 1. The number of nitrogens with zero attached hydrogens (tertiary/aromatic N) is 1. The van der Waals surface area contributed by atoms with Gasteiger partial charge in [-0.25, -0.2) is 0 Å². The second-order valence-electron chi connectivity index (χ2n) is 9.38. The van der Waals surface area contributed by atoms with Crippen molar-refractivity contribution in [3.05, 3.63) is 29.5 Å². The molecule has 2 bridgehead atoms. The van der Waals surface area contributed by atoms with Crippen molar-refractivity contribution in [3.63, 3.8) is 0 Å². The third kappa shape index (κ3) is 1.52. The van der Waals surface area contributed by atoms with E-state index in [0.717, 1.165) is 41.4 Å². The maximum atomic E-state index is 13.6. The Balaban J connectivity index is 1.63. The number of aromatic amines is 1. The van der Waals surface area contributed by atoms with Crippen LogP contribution in [0.5, 0.6) is 5.75 Å². The summed E-state index contributed by atoms with van der Waals surface area (Å²) in [6.07, 6.45) is 2.91. The van der Waals surface area contributed by atoms with Gasteiger partial charge in [-0.15, -0.1) is 0 Å². The molecular weight excluding hydrogens is 342 g/mol. The first-order valence-corrected chi connectivity index (χ1v) is 9.78. The Labute approximate surface area is 156 Å². The van der Waals surface area contributed by atoms with Gasteiger partial charge < -0.3 is 20.3 Å². The fourth-order valence-corrected chi connectivity index (χ4v) is 6.62. The number of piperidine rings is 2. The van der Waals surface area contributed by atoms with Crippen molar-refractivity contribution in [2.45, 2.75) is 56.0 Å². The SMILES string of the molecule is CC1(C)c2[nH]c3cc(O)ccc3c2C[C@@]23NC(=O)C4(CCCN4C2=O)CC13. The summed E-state index contributed by atoms with van der Waals surface area (Å²) in [6, 6.07) is 5.33. The van der Waals surface area contributed by atoms with E-state index in [9.17, 15) is 14.7 Å². The number of aromatic nitrogens is 1. The number of carbonyl (C=O) groups is 2. The first-order valence-electron chi connectivity index (χ1n) is 9.78. The van der Waals surface area contributed by atoms with Crippen molar-refractivity contribution in [2.75, 3.05) is 6.54 Å². The van der Waals surface area contributed by atoms with Gasteiger partial charge in [-0.3, -0.25) is 9.59 Å². The third-order valence-electron chi connectivity index (χ3n) is 7.87. The number of H-pyrrole nitrogens is 1. The quantitative estimate of drug-likeness (QED) is 0.667. The van der Waals surface area contributed by atoms with Crippen molar-refractivity contribution in [1.29, 1.82) is 0 Å². The second-order valence-corrected chi connectivity index (χ2v) is 9.38. The number of aromatic hydroxyl groups is 1. The van der Waals surface area contributed by atoms with Crippen LogP contribution in [-0.2, 0) is 21.4 Å². The predicted octanol–water partition coefficient (Wildman–Crippen LogP) is 1.96. The zero-order chi connectivity index (χ0) is 18.8. The minimum atomic E-state index is -0.854. The van der Waals surface area contributed by atoms with Gasteiger partial charge >= 0.3 is 0 Å². The van der Waals surface area contributed by atoms with Crippen LogP contribution >= 0.6 is 0 Å². The van der Waals surface area contributed by atoms with Crippen LogP contribution in [0.4, 0.5) is 0 Å². The number of fused-ring (bicyclic) bond motifs is 4. The molecular formula is C21H23N3O3. The lowest BCUT2D eigenvalue weighted by Gasteiger charge is -2.64. The van der Waals surface area contributed by atoms with E-state index >= 15 is 0 Å². The number of phenolic OH excluding ortho intramolecular Hbond substituents is 1. The van der Waals surface area contributed by atoms with Gasteiger partial charge in [0.25, 0.3) is 0 Å². The van der Waals surface area contributed by atoms with Gasteiger partial charge in [0.05, 0.1) is 0 Å². The number of rotatable bonds is 0. The minimum Gasteiger partial charge on any atom is -0.508 e. The Morgan fingerprint density at radius 3 is 2.89 bits per heavy atom. The summed E-state index contributed by atoms with van der Waals surface area (Å²) in [5, 5.41) is 14.1. The van der Waals surface area contributed by atoms with Crippen LogP contribution in [0.15, 0.2) is 18.2 Å². The predicted molar refractivity (Wildman–Crippen MR) is 99.4 cm³/mol. The molecule has 4 aliphatic heterocycles. The van der Waals surface area contributed by atoms with Gasteiger partial charge in [0, 0.05) is 47.0 Å². The fraction of sp³-hybridized carbons (Fsp3) is 0.524. The lowest BCUT2D eigenvalue weighted by atomic mass is 9.51. The number of carbonyl (C=O) groups excluding carboxylic acids is 2. The van der Waals surface area contributed by atoms with Crippen LogP contribution in [0.1, 0.15) is 44.4 Å². The van der Waals surface area contributed by atoms with Crippen molar-refractivity contribution < 1.29 is 14.7 Å². The van der Waals surface area contributed by atoms with Gasteiger partial charge in [-0.2, -0.15) is 0 Å². The van der Waals surface area contributed by atoms with E-state index in [2.05, 4.69) is 24.1 Å². The topological polar surface area (TPSA) is 85.4 Å². The molecule has 6 heteroatoms. The van der Waals surface area contributed by atoms with Gasteiger partial charge in [-0.05, 0) is 37.0 Å². The van der Waals surface area contributed by atoms with Crippen molar-refractivity contribution >= 4 is 22.7 Å². The van der Waals surface area contributed by atoms with E-state index in [1.54, 1.807) is 12.1 Å². The molecule has 27 heavy (non-hydrogen) atoms. The number of amides is 2. The fourth-order valence-electron chi connectivity index (χ4n) is 6.62. The molecule has 1 aliphatic carbocycles. The van der Waals surface area contributed by atoms with Crippen LogP contribution < -0.4 is 5.32 Å². The lowest BCUT2D eigenvalue weighted by Crippen LogP contribution is -2.84. The molecule has 2 aromatic rings. The van der Waals surface area contributed by atoms with Crippen LogP contribution in [0.2, 0.25) is 0 Å². The first-order chi connectivity index (χ1) is 12.8. The Morgan fingerprint density at radius 2 is 2.07 bits per heavy atom. The van der Waals surface area contributed by atoms with Crippen LogP contribution in [0.25, 0.3) is 10.9 Å². The number of phenols is 1. The molecule has 2 amide bonds. The Kier molecular flexibility index (Phi) is 2.49. The van der Waals surface area contributed by atoms with Gasteiger partial charge in [-0.1, -0.05) is 13.8 Å². The molecule has 2 unspecified atom stereocenters. The van der Waals surface area contributed by atoms with E-state index in [0.29, 0.717) is 13.0 Å². The molecule has 3 atom stereocenters. The monoisotopic (exact) mass is 365 g/mol. The van der Waals surface area contributed by atoms with E-state index in [-0.39, 0.29) is 28.9 Å². The standard InChI is InChI=1S/C21H23N3O3/c1-19(2)15-10-20-6-3-7-24(20)18(27)21(15,23-17(20)26)9-13-12-5-4-11(25)8-14(12)22-16(13)19/h4-5,8,15,22,25H,3,6-7,9-10H2,1-2H3,(H,23,26)/t15?,20?,21-/m0/s1. The van der Waals surface area contributed by atoms with Crippen LogP contribution in [-0.4, -0.2) is 44.4 Å². The average molecular weight is 365 g/mol. The van der Waals surface area contributed by atoms with Gasteiger partial charge in [0.2, 0.25) is 11.8 Å². The lowest BCUT2D eigenvalue weighted by molar-refractivity contribution is -0.179. The van der Waals surface area contributed by atoms with Crippen molar-refractivity contribution in [1.82, 2.24) is 15.2 Å². The summed E-state index contributed by atoms with van der Waals surface area (Å²) in [5.41, 5.74) is 1.32. The summed E-state index contributed by atoms with van der Waals surface area (Å²) >= 11 is 0. The van der Waals surface area contributed by atoms with E-state index in [4.69, 9.17) is 0 Å². The maximum Gasteiger partial charge on any atom is 0.249 e. The van der Waals surface area contributed by atoms with Gasteiger partial charge in [0.1, 0.15) is 16.8 Å². The van der Waals surface area contributed by atoms with Crippen molar-refractivity contribution in [3.8, 4) is 5.75 Å². The average Bonchev–Trinajstić information content (AvgIpc) is 3.19. The minimum absolute atomic E-state index is 0.0348. The Bertz CT molecular complexity index is 1050. The Morgan fingerprint density at radius 1 is 1.26 bits per heavy atom. The van der Waals surface area contributed by atoms with E-state index < -0.39 is 11.1 Å². The van der Waals surface area contributed by atoms with E-state index in [1.165, 1.54) is 0 Å². The number of hydrogen-bond donors (Lipinski definition) is 3. The van der Waals surface area contributed by atoms with Crippen LogP contribution in [0.3, 0.4) is 0 Å². The third-order valence-corrected chi connectivity index (χ3v) is 7.87. The van der Waals surface area contributed by atoms with Crippen LogP contribution in [0, 0.1) is 5.92 Å². The summed E-state index contributed by atoms with van der Waals surface area (Å²) in [4.78, 5) is 32.1. The van der Waals surface area contributed by atoms with E-state index in [1.807, 2.05) is 11.0 Å². The summed E-state index contributed by atoms with van der Waals surface area (Å²) < 4.78 is 0. The molecule has 2 spiro atoms. The highest BCUT2D eigenvalue weighted by molar-refractivity contribution is 6.06. The molecule has 6 nitrogen and oxygen atoms in total. The highest BCUT2D eigenvalue weighted by atomic mass is 16.3. The maximum absolute atomic E-state index is 13.6. The molecule has 3 N–H and O–H groups in total. The summed E-state index contributed by atoms with van der Waals surface area (Å²) in [5.74, 6) is 0.410. The zero-order valence-electron chi connectivity index (χ0n) is 15.6. The number of nitrogens with one attached hydrogen (secondary N) is 2. The molecule has 4 saturated heterocycles. The summed E-state index contributed by atoms with van der Waals surface area (Å²) in [7, 11) is 0. The Hall–Kier alpha value is -2.50. The number of piperazine rings is 1. The smallest absolute Gasteiger partial charge is 0.249 e. The van der Waals surface area contributed by atoms with Gasteiger partial charge in [0.15, 0.2) is 0 Å². The molecule has 4 fully saturated rings. The molecule has 140 valence electrons. The largest absolute Gasteiger partial charge is 0.508 e. The first kappa shape index (κ1) is 15.5. The molecule has 1 aromatic heterocycles. The molecule has 0 radical (unpaired) electrons. The van der Waals surface area contributed by atoms with Crippen molar-refractivity contribution in [2.24, 2.45) is 5.92 Å².